The second-order valence-corrected chi connectivity index (χ2v) is 7.31. The lowest BCUT2D eigenvalue weighted by Gasteiger charge is -2.29. The number of carboxylic acid groups (broad SMARTS) is 1. The summed E-state index contributed by atoms with van der Waals surface area (Å²) in [4.78, 5) is 23.8. The lowest BCUT2D eigenvalue weighted by Crippen LogP contribution is -2.32. The monoisotopic (exact) mass is 336 g/mol. The molecule has 1 aromatic carbocycles. The van der Waals surface area contributed by atoms with Gasteiger partial charge in [-0.15, -0.1) is 0 Å². The number of fused-ring (bicyclic) bond motifs is 1. The van der Waals surface area contributed by atoms with Gasteiger partial charge < -0.3 is 9.84 Å². The molecule has 0 radical (unpaired) electrons. The Bertz CT molecular complexity index is 676. The maximum absolute atomic E-state index is 13.0. The number of ketones is 1. The Morgan fingerprint density at radius 3 is 2.70 bits per heavy atom. The Labute approximate surface area is 140 Å². The Kier molecular flexibility index (Phi) is 4.13. The van der Waals surface area contributed by atoms with E-state index in [9.17, 15) is 9.59 Å². The largest absolute Gasteiger partial charge is 0.482 e. The van der Waals surface area contributed by atoms with Gasteiger partial charge in [-0.05, 0) is 43.7 Å². The van der Waals surface area contributed by atoms with Crippen molar-refractivity contribution in [2.75, 3.05) is 6.61 Å². The lowest BCUT2D eigenvalue weighted by atomic mass is 9.73. The highest BCUT2D eigenvalue weighted by molar-refractivity contribution is 6.35. The molecule has 4 nitrogen and oxygen atoms in total. The van der Waals surface area contributed by atoms with Crippen molar-refractivity contribution >= 4 is 23.4 Å². The summed E-state index contributed by atoms with van der Waals surface area (Å²) in [6.45, 7) is 3.40. The molecule has 0 saturated heterocycles. The number of aliphatic carboxylic acids is 1. The van der Waals surface area contributed by atoms with Gasteiger partial charge in [0.2, 0.25) is 0 Å². The van der Waals surface area contributed by atoms with Gasteiger partial charge in [0, 0.05) is 16.5 Å². The molecule has 0 aromatic heterocycles. The van der Waals surface area contributed by atoms with Crippen LogP contribution in [0.2, 0.25) is 5.02 Å². The Morgan fingerprint density at radius 2 is 2.09 bits per heavy atom. The van der Waals surface area contributed by atoms with E-state index in [1.54, 1.807) is 13.0 Å². The van der Waals surface area contributed by atoms with E-state index in [0.717, 1.165) is 18.4 Å². The summed E-state index contributed by atoms with van der Waals surface area (Å²) >= 11 is 6.44. The fourth-order valence-electron chi connectivity index (χ4n) is 4.10. The Morgan fingerprint density at radius 1 is 1.43 bits per heavy atom. The predicted octanol–water partition coefficient (Wildman–Crippen LogP) is 4.05. The number of benzene rings is 1. The topological polar surface area (TPSA) is 63.6 Å². The minimum absolute atomic E-state index is 0.136. The summed E-state index contributed by atoms with van der Waals surface area (Å²) in [5.41, 5.74) is 1.75. The minimum atomic E-state index is -1.03. The van der Waals surface area contributed by atoms with Crippen LogP contribution in [0.5, 0.6) is 5.75 Å². The normalized spacial score (nSPS) is 24.0. The average Bonchev–Trinajstić information content (AvgIpc) is 3.10. The molecule has 1 fully saturated rings. The van der Waals surface area contributed by atoms with E-state index >= 15 is 0 Å². The first-order valence-corrected chi connectivity index (χ1v) is 8.43. The first-order valence-electron chi connectivity index (χ1n) is 8.06. The molecule has 23 heavy (non-hydrogen) atoms. The first kappa shape index (κ1) is 16.3. The number of halogens is 1. The molecule has 3 rings (SSSR count). The number of hydrogen-bond acceptors (Lipinski definition) is 3. The third-order valence-electron chi connectivity index (χ3n) is 5.46. The summed E-state index contributed by atoms with van der Waals surface area (Å²) in [5, 5.41) is 9.20. The van der Waals surface area contributed by atoms with Crippen LogP contribution in [0, 0.1) is 18.3 Å². The average molecular weight is 337 g/mol. The van der Waals surface area contributed by atoms with Gasteiger partial charge in [0.15, 0.2) is 12.4 Å². The van der Waals surface area contributed by atoms with Crippen LogP contribution in [0.4, 0.5) is 0 Å². The Balaban J connectivity index is 1.98. The number of Topliss-reactive ketones (excluding diaryl/α,β-unsaturated/α-hetero) is 1. The first-order chi connectivity index (χ1) is 10.8. The van der Waals surface area contributed by atoms with E-state index in [0.29, 0.717) is 34.2 Å². The summed E-state index contributed by atoms with van der Waals surface area (Å²) < 4.78 is 5.34. The maximum atomic E-state index is 13.0. The van der Waals surface area contributed by atoms with Gasteiger partial charge in [0.1, 0.15) is 5.75 Å². The number of carbonyl (C=O) groups is 2. The van der Waals surface area contributed by atoms with Crippen LogP contribution in [-0.4, -0.2) is 23.5 Å². The predicted molar refractivity (Wildman–Crippen MR) is 87.4 cm³/mol. The van der Waals surface area contributed by atoms with Crippen LogP contribution < -0.4 is 4.74 Å². The number of rotatable bonds is 4. The molecule has 2 aliphatic carbocycles. The van der Waals surface area contributed by atoms with Crippen LogP contribution in [0.15, 0.2) is 6.07 Å². The van der Waals surface area contributed by atoms with Gasteiger partial charge >= 0.3 is 5.97 Å². The molecular formula is C18H21ClO4. The second kappa shape index (κ2) is 5.82. The van der Waals surface area contributed by atoms with Gasteiger partial charge in [-0.3, -0.25) is 4.79 Å². The van der Waals surface area contributed by atoms with Crippen molar-refractivity contribution in [2.24, 2.45) is 11.3 Å². The number of ether oxygens (including phenoxy) is 1. The molecular weight excluding hydrogens is 316 g/mol. The number of carboxylic acids is 1. The number of carbonyl (C=O) groups excluding carboxylic acids is 1. The van der Waals surface area contributed by atoms with Gasteiger partial charge in [-0.25, -0.2) is 4.79 Å². The zero-order chi connectivity index (χ0) is 16.8. The fourth-order valence-corrected chi connectivity index (χ4v) is 4.40. The van der Waals surface area contributed by atoms with E-state index in [4.69, 9.17) is 21.4 Å². The van der Waals surface area contributed by atoms with Crippen molar-refractivity contribution in [3.05, 3.63) is 27.8 Å². The van der Waals surface area contributed by atoms with Crippen LogP contribution in [0.1, 0.15) is 54.1 Å². The highest BCUT2D eigenvalue weighted by Gasteiger charge is 2.49. The fraction of sp³-hybridized carbons (Fsp3) is 0.556. The summed E-state index contributed by atoms with van der Waals surface area (Å²) in [6, 6.07) is 1.80. The van der Waals surface area contributed by atoms with Crippen molar-refractivity contribution in [3.8, 4) is 5.75 Å². The lowest BCUT2D eigenvalue weighted by molar-refractivity contribution is -0.139. The highest BCUT2D eigenvalue weighted by atomic mass is 35.5. The SMILES string of the molecule is Cc1c(OCC(=O)O)cc2c(c1Cl)C(=O)C(C)(C1CCCC1)C2. The zero-order valence-corrected chi connectivity index (χ0v) is 14.2. The molecule has 0 spiro atoms. The summed E-state index contributed by atoms with van der Waals surface area (Å²) in [6.07, 6.45) is 5.22. The quantitative estimate of drug-likeness (QED) is 0.901. The molecule has 0 amide bonds. The van der Waals surface area contributed by atoms with Crippen molar-refractivity contribution in [3.63, 3.8) is 0 Å². The van der Waals surface area contributed by atoms with Crippen LogP contribution in [0.3, 0.4) is 0 Å². The van der Waals surface area contributed by atoms with E-state index in [1.165, 1.54) is 12.8 Å². The standard InChI is InChI=1S/C18H21ClO4/c1-10-13(23-9-14(20)21)7-11-8-18(2,12-5-3-4-6-12)17(22)15(11)16(10)19/h7,12H,3-6,8-9H2,1-2H3,(H,20,21). The summed E-state index contributed by atoms with van der Waals surface area (Å²) in [7, 11) is 0. The highest BCUT2D eigenvalue weighted by Crippen LogP contribution is 2.51. The van der Waals surface area contributed by atoms with E-state index in [1.807, 2.05) is 0 Å². The van der Waals surface area contributed by atoms with Crippen molar-refractivity contribution in [1.82, 2.24) is 0 Å². The van der Waals surface area contributed by atoms with E-state index in [2.05, 4.69) is 6.92 Å². The molecule has 0 bridgehead atoms. The Hall–Kier alpha value is -1.55. The van der Waals surface area contributed by atoms with Crippen LogP contribution in [0.25, 0.3) is 0 Å². The van der Waals surface area contributed by atoms with Gasteiger partial charge in [0.25, 0.3) is 0 Å². The summed E-state index contributed by atoms with van der Waals surface area (Å²) in [5.74, 6) is -0.0352. The molecule has 0 heterocycles. The third kappa shape index (κ3) is 2.63. The molecule has 1 saturated carbocycles. The molecule has 0 aliphatic heterocycles. The molecule has 1 N–H and O–H groups in total. The third-order valence-corrected chi connectivity index (χ3v) is 5.93. The molecule has 5 heteroatoms. The van der Waals surface area contributed by atoms with Crippen molar-refractivity contribution in [2.45, 2.75) is 46.0 Å². The van der Waals surface area contributed by atoms with Gasteiger partial charge in [0.05, 0.1) is 5.02 Å². The van der Waals surface area contributed by atoms with Crippen molar-refractivity contribution < 1.29 is 19.4 Å². The van der Waals surface area contributed by atoms with Gasteiger partial charge in [-0.1, -0.05) is 31.4 Å². The molecule has 124 valence electrons. The zero-order valence-electron chi connectivity index (χ0n) is 13.4. The van der Waals surface area contributed by atoms with Crippen LogP contribution in [-0.2, 0) is 11.2 Å². The maximum Gasteiger partial charge on any atom is 0.341 e. The molecule has 1 atom stereocenters. The molecule has 1 aromatic rings. The second-order valence-electron chi connectivity index (χ2n) is 6.93. The van der Waals surface area contributed by atoms with Crippen LogP contribution >= 0.6 is 11.6 Å². The van der Waals surface area contributed by atoms with Gasteiger partial charge in [-0.2, -0.15) is 0 Å². The molecule has 2 aliphatic rings. The minimum Gasteiger partial charge on any atom is -0.482 e. The molecule has 1 unspecified atom stereocenters. The van der Waals surface area contributed by atoms with Crippen molar-refractivity contribution in [1.29, 1.82) is 0 Å². The smallest absolute Gasteiger partial charge is 0.341 e. The van der Waals surface area contributed by atoms with E-state index in [-0.39, 0.29) is 11.2 Å². The number of hydrogen-bond donors (Lipinski definition) is 1. The van der Waals surface area contributed by atoms with E-state index < -0.39 is 12.6 Å².